The van der Waals surface area contributed by atoms with Crippen molar-refractivity contribution in [2.24, 2.45) is 0 Å². The number of ether oxygens (including phenoxy) is 2. The van der Waals surface area contributed by atoms with Crippen LogP contribution < -0.4 is 25.0 Å². The monoisotopic (exact) mass is 435 g/mol. The molecule has 0 saturated carbocycles. The van der Waals surface area contributed by atoms with Crippen molar-refractivity contribution in [3.63, 3.8) is 0 Å². The molecule has 8 heteroatoms. The molecule has 7 nitrogen and oxygen atoms in total. The van der Waals surface area contributed by atoms with Crippen LogP contribution in [-0.4, -0.2) is 35.3 Å². The first kappa shape index (κ1) is 20.9. The Kier molecular flexibility index (Phi) is 6.78. The number of benzene rings is 2. The predicted octanol–water partition coefficient (Wildman–Crippen LogP) is 4.36. The first-order chi connectivity index (χ1) is 15.2. The topological polar surface area (TPSA) is 71.5 Å². The second kappa shape index (κ2) is 10.1. The Morgan fingerprint density at radius 3 is 2.42 bits per heavy atom. The summed E-state index contributed by atoms with van der Waals surface area (Å²) in [7, 11) is 1.54. The third kappa shape index (κ3) is 5.82. The Balaban J connectivity index is 1.34. The number of methoxy groups -OCH3 is 1. The van der Waals surface area contributed by atoms with Gasteiger partial charge in [0.15, 0.2) is 5.11 Å². The Morgan fingerprint density at radius 2 is 1.71 bits per heavy atom. The van der Waals surface area contributed by atoms with E-state index in [1.807, 2.05) is 30.3 Å². The van der Waals surface area contributed by atoms with Gasteiger partial charge in [-0.05, 0) is 54.9 Å². The Morgan fingerprint density at radius 1 is 1.00 bits per heavy atom. The minimum Gasteiger partial charge on any atom is -0.481 e. The van der Waals surface area contributed by atoms with Gasteiger partial charge < -0.3 is 25.0 Å². The number of thiocarbonyl (C=S) groups is 1. The third-order valence-electron chi connectivity index (χ3n) is 4.94. The molecular weight excluding hydrogens is 410 g/mol. The van der Waals surface area contributed by atoms with E-state index in [-0.39, 0.29) is 0 Å². The first-order valence-electron chi connectivity index (χ1n) is 10.2. The Hall–Kier alpha value is -3.39. The molecule has 2 aromatic carbocycles. The molecule has 0 radical (unpaired) electrons. The van der Waals surface area contributed by atoms with Crippen LogP contribution in [0.1, 0.15) is 18.4 Å². The first-order valence-corrected chi connectivity index (χ1v) is 10.6. The van der Waals surface area contributed by atoms with Crippen molar-refractivity contribution < 1.29 is 9.47 Å². The van der Waals surface area contributed by atoms with E-state index >= 15 is 0 Å². The molecule has 0 bridgehead atoms. The third-order valence-corrected chi connectivity index (χ3v) is 5.19. The van der Waals surface area contributed by atoms with E-state index in [2.05, 4.69) is 49.8 Å². The minimum absolute atomic E-state index is 0.298. The van der Waals surface area contributed by atoms with Crippen LogP contribution in [0, 0.1) is 0 Å². The average molecular weight is 436 g/mol. The van der Waals surface area contributed by atoms with Crippen molar-refractivity contribution in [2.75, 3.05) is 30.4 Å². The molecule has 2 heterocycles. The molecule has 4 rings (SSSR count). The lowest BCUT2D eigenvalue weighted by Crippen LogP contribution is -2.28. The van der Waals surface area contributed by atoms with E-state index in [0.29, 0.717) is 35.1 Å². The average Bonchev–Trinajstić information content (AvgIpc) is 3.33. The van der Waals surface area contributed by atoms with Crippen LogP contribution in [0.15, 0.2) is 60.7 Å². The maximum Gasteiger partial charge on any atom is 0.235 e. The van der Waals surface area contributed by atoms with Crippen LogP contribution in [0.3, 0.4) is 0 Å². The van der Waals surface area contributed by atoms with E-state index in [0.717, 1.165) is 18.7 Å². The van der Waals surface area contributed by atoms with Gasteiger partial charge in [0.2, 0.25) is 17.7 Å². The molecule has 0 atom stereocenters. The van der Waals surface area contributed by atoms with Gasteiger partial charge >= 0.3 is 0 Å². The highest BCUT2D eigenvalue weighted by molar-refractivity contribution is 7.80. The zero-order chi connectivity index (χ0) is 21.5. The molecule has 1 fully saturated rings. The Bertz CT molecular complexity index is 1010. The standard InChI is InChI=1S/C23H25N5O2S/c1-29-20-15-21(30-19-7-3-2-4-8-19)26-22(25-20)27-23(31)24-16-17-9-11-18(12-10-17)28-13-5-6-14-28/h2-4,7-12,15H,5-6,13-14,16H2,1H3,(H2,24,25,26,27,31). The zero-order valence-electron chi connectivity index (χ0n) is 17.4. The van der Waals surface area contributed by atoms with E-state index < -0.39 is 0 Å². The van der Waals surface area contributed by atoms with Crippen LogP contribution in [0.5, 0.6) is 17.5 Å². The summed E-state index contributed by atoms with van der Waals surface area (Å²) in [5.41, 5.74) is 2.42. The normalized spacial score (nSPS) is 13.0. The highest BCUT2D eigenvalue weighted by atomic mass is 32.1. The number of aromatic nitrogens is 2. The van der Waals surface area contributed by atoms with Gasteiger partial charge in [-0.3, -0.25) is 0 Å². The van der Waals surface area contributed by atoms with Crippen LogP contribution in [-0.2, 0) is 6.54 Å². The molecule has 1 aliphatic rings. The quantitative estimate of drug-likeness (QED) is 0.531. The summed E-state index contributed by atoms with van der Waals surface area (Å²) in [6, 6.07) is 19.6. The van der Waals surface area contributed by atoms with Crippen LogP contribution in [0.25, 0.3) is 0 Å². The van der Waals surface area contributed by atoms with Crippen molar-refractivity contribution in [2.45, 2.75) is 19.4 Å². The fourth-order valence-corrected chi connectivity index (χ4v) is 3.52. The molecule has 3 aromatic rings. The number of rotatable bonds is 7. The van der Waals surface area contributed by atoms with Crippen molar-refractivity contribution in [1.82, 2.24) is 15.3 Å². The van der Waals surface area contributed by atoms with Crippen molar-refractivity contribution in [1.29, 1.82) is 0 Å². The highest BCUT2D eigenvalue weighted by Crippen LogP contribution is 2.24. The van der Waals surface area contributed by atoms with Gasteiger partial charge in [-0.1, -0.05) is 30.3 Å². The molecule has 2 N–H and O–H groups in total. The number of nitrogens with one attached hydrogen (secondary N) is 2. The van der Waals surface area contributed by atoms with Gasteiger partial charge in [0.1, 0.15) is 5.75 Å². The van der Waals surface area contributed by atoms with E-state index in [4.69, 9.17) is 21.7 Å². The smallest absolute Gasteiger partial charge is 0.235 e. The zero-order valence-corrected chi connectivity index (χ0v) is 18.2. The molecular formula is C23H25N5O2S. The molecule has 1 saturated heterocycles. The molecule has 1 aliphatic heterocycles. The van der Waals surface area contributed by atoms with Gasteiger partial charge in [0, 0.05) is 25.3 Å². The number of anilines is 2. The summed E-state index contributed by atoms with van der Waals surface area (Å²) in [6.07, 6.45) is 2.54. The van der Waals surface area contributed by atoms with E-state index in [1.54, 1.807) is 13.2 Å². The Labute approximate surface area is 187 Å². The predicted molar refractivity (Wildman–Crippen MR) is 126 cm³/mol. The largest absolute Gasteiger partial charge is 0.481 e. The fraction of sp³-hybridized carbons (Fsp3) is 0.261. The van der Waals surface area contributed by atoms with Crippen molar-refractivity contribution in [3.05, 3.63) is 66.2 Å². The van der Waals surface area contributed by atoms with E-state index in [1.165, 1.54) is 18.5 Å². The van der Waals surface area contributed by atoms with E-state index in [9.17, 15) is 0 Å². The fourth-order valence-electron chi connectivity index (χ4n) is 3.35. The number of nitrogens with zero attached hydrogens (tertiary/aromatic N) is 3. The van der Waals surface area contributed by atoms with Gasteiger partial charge in [-0.25, -0.2) is 0 Å². The number of para-hydroxylation sites is 1. The summed E-state index contributed by atoms with van der Waals surface area (Å²) in [6.45, 7) is 2.88. The molecule has 0 aliphatic carbocycles. The lowest BCUT2D eigenvalue weighted by atomic mass is 10.2. The van der Waals surface area contributed by atoms with Gasteiger partial charge in [-0.2, -0.15) is 9.97 Å². The molecule has 0 spiro atoms. The maximum atomic E-state index is 5.79. The van der Waals surface area contributed by atoms with Crippen LogP contribution >= 0.6 is 12.2 Å². The lowest BCUT2D eigenvalue weighted by Gasteiger charge is -2.18. The van der Waals surface area contributed by atoms with Crippen LogP contribution in [0.2, 0.25) is 0 Å². The molecule has 0 amide bonds. The summed E-state index contributed by atoms with van der Waals surface area (Å²) in [4.78, 5) is 11.1. The van der Waals surface area contributed by atoms with Crippen LogP contribution in [0.4, 0.5) is 11.6 Å². The summed E-state index contributed by atoms with van der Waals surface area (Å²) >= 11 is 5.41. The molecule has 0 unspecified atom stereocenters. The second-order valence-electron chi connectivity index (χ2n) is 7.16. The SMILES string of the molecule is COc1cc(Oc2ccccc2)nc(NC(=S)NCc2ccc(N3CCCC3)cc2)n1. The summed E-state index contributed by atoms with van der Waals surface area (Å²) in [5, 5.41) is 6.61. The second-order valence-corrected chi connectivity index (χ2v) is 7.56. The number of hydrogen-bond donors (Lipinski definition) is 2. The van der Waals surface area contributed by atoms with Gasteiger partial charge in [0.05, 0.1) is 13.2 Å². The molecule has 160 valence electrons. The van der Waals surface area contributed by atoms with Crippen molar-refractivity contribution >= 4 is 29.0 Å². The molecule has 31 heavy (non-hydrogen) atoms. The van der Waals surface area contributed by atoms with Gasteiger partial charge in [-0.15, -0.1) is 0 Å². The van der Waals surface area contributed by atoms with Crippen molar-refractivity contribution in [3.8, 4) is 17.5 Å². The van der Waals surface area contributed by atoms with Gasteiger partial charge in [0.25, 0.3) is 0 Å². The summed E-state index contributed by atoms with van der Waals surface area (Å²) in [5.74, 6) is 1.71. The lowest BCUT2D eigenvalue weighted by molar-refractivity contribution is 0.389. The molecule has 1 aromatic heterocycles. The maximum absolute atomic E-state index is 5.79. The number of hydrogen-bond acceptors (Lipinski definition) is 6. The summed E-state index contributed by atoms with van der Waals surface area (Å²) < 4.78 is 11.0. The highest BCUT2D eigenvalue weighted by Gasteiger charge is 2.12. The minimum atomic E-state index is 0.298.